The van der Waals surface area contributed by atoms with Crippen LogP contribution in [0.15, 0.2) is 40.3 Å². The molecule has 1 heterocycles. The molecular formula is C14H14FN3O2S. The van der Waals surface area contributed by atoms with Gasteiger partial charge in [-0.15, -0.1) is 0 Å². The summed E-state index contributed by atoms with van der Waals surface area (Å²) in [7, 11) is 0. The molecule has 0 saturated carbocycles. The molecule has 110 valence electrons. The maximum absolute atomic E-state index is 12.7. The van der Waals surface area contributed by atoms with Crippen LogP contribution in [0.1, 0.15) is 11.1 Å². The van der Waals surface area contributed by atoms with Crippen molar-refractivity contribution in [1.82, 2.24) is 15.3 Å². The van der Waals surface area contributed by atoms with E-state index in [0.717, 1.165) is 11.1 Å². The zero-order chi connectivity index (χ0) is 15.2. The van der Waals surface area contributed by atoms with Crippen LogP contribution in [0, 0.1) is 12.7 Å². The minimum absolute atomic E-state index is 0.165. The lowest BCUT2D eigenvalue weighted by molar-refractivity contribution is -0.118. The third kappa shape index (κ3) is 4.71. The van der Waals surface area contributed by atoms with Crippen LogP contribution in [0.4, 0.5) is 4.39 Å². The van der Waals surface area contributed by atoms with Gasteiger partial charge in [0.15, 0.2) is 0 Å². The number of carbonyl (C=O) groups is 1. The lowest BCUT2D eigenvalue weighted by Crippen LogP contribution is -2.24. The smallest absolute Gasteiger partial charge is 0.345 e. The van der Waals surface area contributed by atoms with Crippen LogP contribution < -0.4 is 11.0 Å². The van der Waals surface area contributed by atoms with Crippen molar-refractivity contribution >= 4 is 17.7 Å². The first-order valence-corrected chi connectivity index (χ1v) is 7.23. The highest BCUT2D eigenvalue weighted by Gasteiger charge is 2.06. The van der Waals surface area contributed by atoms with Gasteiger partial charge in [-0.2, -0.15) is 0 Å². The summed E-state index contributed by atoms with van der Waals surface area (Å²) >= 11 is 1.24. The van der Waals surface area contributed by atoms with Crippen LogP contribution >= 0.6 is 11.8 Å². The van der Waals surface area contributed by atoms with E-state index in [-0.39, 0.29) is 17.5 Å². The number of aromatic amines is 1. The fourth-order valence-electron chi connectivity index (χ4n) is 1.58. The molecule has 2 rings (SSSR count). The predicted octanol–water partition coefficient (Wildman–Crippen LogP) is 1.63. The molecular weight excluding hydrogens is 293 g/mol. The third-order valence-corrected chi connectivity index (χ3v) is 3.82. The van der Waals surface area contributed by atoms with Crippen molar-refractivity contribution in [3.63, 3.8) is 0 Å². The van der Waals surface area contributed by atoms with Crippen LogP contribution in [-0.2, 0) is 11.3 Å². The minimum atomic E-state index is -0.435. The van der Waals surface area contributed by atoms with Crippen molar-refractivity contribution in [2.45, 2.75) is 18.5 Å². The number of rotatable bonds is 5. The van der Waals surface area contributed by atoms with E-state index in [1.165, 1.54) is 30.1 Å². The first kappa shape index (κ1) is 15.2. The average Bonchev–Trinajstić information content (AvgIpc) is 2.47. The summed E-state index contributed by atoms with van der Waals surface area (Å²) in [6, 6.07) is 5.93. The van der Waals surface area contributed by atoms with Crippen LogP contribution in [0.3, 0.4) is 0 Å². The van der Waals surface area contributed by atoms with E-state index < -0.39 is 5.69 Å². The van der Waals surface area contributed by atoms with Crippen LogP contribution in [0.5, 0.6) is 0 Å². The normalized spacial score (nSPS) is 10.4. The van der Waals surface area contributed by atoms with Gasteiger partial charge in [-0.3, -0.25) is 4.79 Å². The number of carbonyl (C=O) groups excluding carboxylic acids is 1. The topological polar surface area (TPSA) is 74.8 Å². The van der Waals surface area contributed by atoms with E-state index in [1.807, 2.05) is 6.92 Å². The monoisotopic (exact) mass is 307 g/mol. The first-order valence-electron chi connectivity index (χ1n) is 6.24. The summed E-state index contributed by atoms with van der Waals surface area (Å²) in [5.41, 5.74) is 1.20. The maximum atomic E-state index is 12.7. The molecule has 1 aromatic heterocycles. The lowest BCUT2D eigenvalue weighted by atomic mass is 10.2. The zero-order valence-electron chi connectivity index (χ0n) is 11.4. The summed E-state index contributed by atoms with van der Waals surface area (Å²) in [4.78, 5) is 29.0. The molecule has 0 saturated heterocycles. The number of nitrogens with one attached hydrogen (secondary N) is 2. The molecule has 0 aliphatic heterocycles. The fourth-order valence-corrected chi connectivity index (χ4v) is 2.40. The maximum Gasteiger partial charge on any atom is 0.345 e. The second-order valence-electron chi connectivity index (χ2n) is 4.39. The van der Waals surface area contributed by atoms with E-state index in [1.54, 1.807) is 12.1 Å². The fraction of sp³-hybridized carbons (Fsp3) is 0.214. The Kier molecular flexibility index (Phi) is 5.10. The second-order valence-corrected chi connectivity index (χ2v) is 5.38. The highest BCUT2D eigenvalue weighted by molar-refractivity contribution is 7.99. The molecule has 0 atom stereocenters. The Balaban J connectivity index is 1.83. The minimum Gasteiger partial charge on any atom is -0.351 e. The predicted molar refractivity (Wildman–Crippen MR) is 78.6 cm³/mol. The van der Waals surface area contributed by atoms with Crippen LogP contribution in [0.25, 0.3) is 0 Å². The van der Waals surface area contributed by atoms with Crippen molar-refractivity contribution in [3.05, 3.63) is 57.9 Å². The van der Waals surface area contributed by atoms with Gasteiger partial charge < -0.3 is 10.3 Å². The van der Waals surface area contributed by atoms with Gasteiger partial charge in [0.05, 0.1) is 10.8 Å². The summed E-state index contributed by atoms with van der Waals surface area (Å²) in [6.07, 6.45) is 1.47. The Morgan fingerprint density at radius 3 is 2.81 bits per heavy atom. The quantitative estimate of drug-likeness (QED) is 0.650. The number of H-pyrrole nitrogens is 1. The molecule has 2 N–H and O–H groups in total. The molecule has 1 amide bonds. The molecule has 0 aliphatic carbocycles. The molecule has 0 unspecified atom stereocenters. The zero-order valence-corrected chi connectivity index (χ0v) is 12.2. The van der Waals surface area contributed by atoms with Crippen molar-refractivity contribution < 1.29 is 9.18 Å². The number of nitrogens with zero attached hydrogens (tertiary/aromatic N) is 1. The van der Waals surface area contributed by atoms with E-state index in [4.69, 9.17) is 0 Å². The summed E-state index contributed by atoms with van der Waals surface area (Å²) < 4.78 is 12.7. The Morgan fingerprint density at radius 2 is 2.10 bits per heavy atom. The van der Waals surface area contributed by atoms with E-state index in [9.17, 15) is 14.0 Å². The summed E-state index contributed by atoms with van der Waals surface area (Å²) in [5, 5.41) is 3.36. The standard InChI is InChI=1S/C14H14FN3O2S/c1-9-6-17-14(20)18-13(9)21-8-12(19)16-7-10-2-4-11(15)5-3-10/h2-6H,7-8H2,1H3,(H,16,19)(H,17,18,20). The second kappa shape index (κ2) is 7.03. The third-order valence-electron chi connectivity index (χ3n) is 2.70. The molecule has 21 heavy (non-hydrogen) atoms. The van der Waals surface area contributed by atoms with Gasteiger partial charge in [0.1, 0.15) is 5.82 Å². The highest BCUT2D eigenvalue weighted by atomic mass is 32.2. The number of hydrogen-bond acceptors (Lipinski definition) is 4. The highest BCUT2D eigenvalue weighted by Crippen LogP contribution is 2.16. The van der Waals surface area contributed by atoms with Crippen LogP contribution in [0.2, 0.25) is 0 Å². The van der Waals surface area contributed by atoms with Gasteiger partial charge >= 0.3 is 5.69 Å². The molecule has 0 aliphatic rings. The molecule has 7 heteroatoms. The van der Waals surface area contributed by atoms with Gasteiger partial charge in [-0.05, 0) is 30.2 Å². The van der Waals surface area contributed by atoms with Crippen molar-refractivity contribution in [2.24, 2.45) is 0 Å². The Labute approximate surface area is 125 Å². The molecule has 0 bridgehead atoms. The molecule has 2 aromatic rings. The molecule has 0 radical (unpaired) electrons. The van der Waals surface area contributed by atoms with Crippen LogP contribution in [-0.4, -0.2) is 21.6 Å². The lowest BCUT2D eigenvalue weighted by Gasteiger charge is -2.06. The first-order chi connectivity index (χ1) is 10.0. The number of hydrogen-bond donors (Lipinski definition) is 2. The molecule has 1 aromatic carbocycles. The molecule has 0 spiro atoms. The van der Waals surface area contributed by atoms with Gasteiger partial charge in [-0.25, -0.2) is 14.2 Å². The van der Waals surface area contributed by atoms with E-state index in [0.29, 0.717) is 11.6 Å². The largest absolute Gasteiger partial charge is 0.351 e. The van der Waals surface area contributed by atoms with Gasteiger partial charge in [0, 0.05) is 12.7 Å². The van der Waals surface area contributed by atoms with Crippen molar-refractivity contribution in [1.29, 1.82) is 0 Å². The number of amides is 1. The molecule has 0 fully saturated rings. The van der Waals surface area contributed by atoms with E-state index in [2.05, 4.69) is 15.3 Å². The summed E-state index contributed by atoms with van der Waals surface area (Å²) in [5.74, 6) is -0.290. The van der Waals surface area contributed by atoms with Gasteiger partial charge in [0.2, 0.25) is 5.91 Å². The van der Waals surface area contributed by atoms with Crippen molar-refractivity contribution in [2.75, 3.05) is 5.75 Å². The number of halogens is 1. The summed E-state index contributed by atoms with van der Waals surface area (Å²) in [6.45, 7) is 2.15. The van der Waals surface area contributed by atoms with Crippen molar-refractivity contribution in [3.8, 4) is 0 Å². The number of thioether (sulfide) groups is 1. The SMILES string of the molecule is Cc1cnc(=O)[nH]c1SCC(=O)NCc1ccc(F)cc1. The van der Waals surface area contributed by atoms with Gasteiger partial charge in [0.25, 0.3) is 0 Å². The Morgan fingerprint density at radius 1 is 1.38 bits per heavy atom. The van der Waals surface area contributed by atoms with Gasteiger partial charge in [-0.1, -0.05) is 23.9 Å². The Bertz CT molecular complexity index is 685. The Hall–Kier alpha value is -2.15. The van der Waals surface area contributed by atoms with E-state index >= 15 is 0 Å². The molecule has 5 nitrogen and oxygen atoms in total. The average molecular weight is 307 g/mol. The number of benzene rings is 1. The number of aromatic nitrogens is 2. The number of aryl methyl sites for hydroxylation is 1.